The third-order valence-electron chi connectivity index (χ3n) is 3.15. The summed E-state index contributed by atoms with van der Waals surface area (Å²) in [6.07, 6.45) is 7.22. The Hall–Kier alpha value is 1.51. The smallest absolute Gasteiger partial charge is 0.310 e. The molecule has 0 bridgehead atoms. The monoisotopic (exact) mass is 390 g/mol. The summed E-state index contributed by atoms with van der Waals surface area (Å²) >= 11 is 5.61. The number of unbranched alkanes of at least 4 members (excludes halogenated alkanes) is 2. The van der Waals surface area contributed by atoms with Gasteiger partial charge in [0.15, 0.2) is 0 Å². The van der Waals surface area contributed by atoms with Crippen LogP contribution in [0.15, 0.2) is 0 Å². The number of thiol groups is 1. The molecule has 0 aliphatic heterocycles. The summed E-state index contributed by atoms with van der Waals surface area (Å²) in [4.78, 5) is 0. The fraction of sp³-hybridized carbons (Fsp3) is 1.00. The molecule has 0 fully saturated rings. The molecule has 3 unspecified atom stereocenters. The summed E-state index contributed by atoms with van der Waals surface area (Å²) in [6, 6.07) is 0. The molecule has 0 saturated carbocycles. The molecule has 0 aliphatic rings. The van der Waals surface area contributed by atoms with Crippen molar-refractivity contribution in [2.45, 2.75) is 66.2 Å². The van der Waals surface area contributed by atoms with Crippen molar-refractivity contribution in [3.63, 3.8) is 0 Å². The predicted molar refractivity (Wildman–Crippen MR) is 92.4 cm³/mol. The third-order valence-corrected chi connectivity index (χ3v) is 7.79. The average Bonchev–Trinajstić information content (AvgIpc) is 2.38. The molecule has 0 spiro atoms. The summed E-state index contributed by atoms with van der Waals surface area (Å²) in [5.41, 5.74) is 0. The summed E-state index contributed by atoms with van der Waals surface area (Å²) in [5, 5.41) is 0. The molecule has 0 amide bonds. The van der Waals surface area contributed by atoms with Crippen molar-refractivity contribution in [1.82, 2.24) is 0 Å². The van der Waals surface area contributed by atoms with Gasteiger partial charge in [-0.05, 0) is 24.7 Å². The minimum absolute atomic E-state index is 0. The molecule has 0 aliphatic carbocycles. The summed E-state index contributed by atoms with van der Waals surface area (Å²) < 4.78 is 17.7. The first kappa shape index (κ1) is 23.8. The second kappa shape index (κ2) is 14.1. The van der Waals surface area contributed by atoms with Crippen molar-refractivity contribution >= 4 is 29.4 Å². The Morgan fingerprint density at radius 1 is 1.10 bits per heavy atom. The first-order chi connectivity index (χ1) is 8.91. The molecule has 6 heteroatoms. The second-order valence-corrected chi connectivity index (χ2v) is 12.0. The van der Waals surface area contributed by atoms with E-state index in [2.05, 4.69) is 39.9 Å². The van der Waals surface area contributed by atoms with E-state index < -0.39 is 5.77 Å². The van der Waals surface area contributed by atoms with Crippen LogP contribution in [-0.4, -0.2) is 12.4 Å². The Morgan fingerprint density at radius 3 is 2.10 bits per heavy atom. The van der Waals surface area contributed by atoms with Gasteiger partial charge in [0.1, 0.15) is 0 Å². The van der Waals surface area contributed by atoms with Gasteiger partial charge in [-0.1, -0.05) is 77.0 Å². The molecule has 0 rings (SSSR count). The molecule has 0 aromatic rings. The minimum Gasteiger partial charge on any atom is -0.313 e. The van der Waals surface area contributed by atoms with Crippen LogP contribution in [0, 0.1) is 11.8 Å². The van der Waals surface area contributed by atoms with Crippen LogP contribution in [0.5, 0.6) is 0 Å². The molecule has 2 nitrogen and oxygen atoms in total. The van der Waals surface area contributed by atoms with Gasteiger partial charge >= 0.3 is 5.77 Å². The fourth-order valence-electron chi connectivity index (χ4n) is 1.75. The topological polar surface area (TPSA) is 26.3 Å². The van der Waals surface area contributed by atoms with Crippen LogP contribution in [0.25, 0.3) is 0 Å². The van der Waals surface area contributed by atoms with Gasteiger partial charge < -0.3 is 4.52 Å². The first-order valence-electron chi connectivity index (χ1n) is 7.53. The summed E-state index contributed by atoms with van der Waals surface area (Å²) in [6.45, 7) is 9.31. The van der Waals surface area contributed by atoms with Gasteiger partial charge in [0.05, 0.1) is 6.61 Å². The maximum Gasteiger partial charge on any atom is 0.310 e. The first-order valence-corrected chi connectivity index (χ1v) is 11.9. The Morgan fingerprint density at radius 2 is 1.60 bits per heavy atom. The van der Waals surface area contributed by atoms with Crippen LogP contribution in [0.3, 0.4) is 0 Å². The predicted octanol–water partition coefficient (Wildman–Crippen LogP) is 6.42. The zero-order chi connectivity index (χ0) is 14.7. The molecule has 0 N–H and O–H groups in total. The quantitative estimate of drug-likeness (QED) is 0.236. The zero-order valence-electron chi connectivity index (χ0n) is 13.6. The molecule has 0 aromatic heterocycles. The minimum atomic E-state index is -2.75. The SMILES string of the molecule is CCCCC(C)COP(=O)(S)SCC(C)CCCC.[Zn]. The Kier molecular flexibility index (Phi) is 16.8. The third kappa shape index (κ3) is 14.5. The van der Waals surface area contributed by atoms with E-state index >= 15 is 0 Å². The number of hydrogen-bond donors (Lipinski definition) is 1. The van der Waals surface area contributed by atoms with Crippen LogP contribution in [0.2, 0.25) is 0 Å². The van der Waals surface area contributed by atoms with E-state index in [1.54, 1.807) is 0 Å². The van der Waals surface area contributed by atoms with Gasteiger partial charge in [-0.3, -0.25) is 4.57 Å². The molecule has 3 atom stereocenters. The van der Waals surface area contributed by atoms with E-state index in [-0.39, 0.29) is 19.5 Å². The standard InChI is InChI=1S/C14H31O2PS2.Zn/c1-5-7-9-13(3)11-16-17(15,18)19-12-14(4)10-8-6-2;/h13-14H,5-12H2,1-4H3,(H,15,18);. The van der Waals surface area contributed by atoms with E-state index in [0.29, 0.717) is 18.4 Å². The Balaban J connectivity index is 0. The average molecular weight is 392 g/mol. The van der Waals surface area contributed by atoms with Crippen molar-refractivity contribution in [2.24, 2.45) is 11.8 Å². The molecule has 0 aromatic carbocycles. The van der Waals surface area contributed by atoms with E-state index in [4.69, 9.17) is 4.52 Å². The van der Waals surface area contributed by atoms with Crippen molar-refractivity contribution in [3.8, 4) is 0 Å². The van der Waals surface area contributed by atoms with Crippen molar-refractivity contribution < 1.29 is 28.6 Å². The van der Waals surface area contributed by atoms with Crippen molar-refractivity contribution in [1.29, 1.82) is 0 Å². The number of rotatable bonds is 12. The van der Waals surface area contributed by atoms with Gasteiger partial charge in [-0.25, -0.2) is 0 Å². The summed E-state index contributed by atoms with van der Waals surface area (Å²) in [7, 11) is 0. The second-order valence-electron chi connectivity index (χ2n) is 5.55. The molecule has 20 heavy (non-hydrogen) atoms. The zero-order valence-corrected chi connectivity index (χ0v) is 19.2. The van der Waals surface area contributed by atoms with E-state index in [1.807, 2.05) is 0 Å². The van der Waals surface area contributed by atoms with Gasteiger partial charge in [0.25, 0.3) is 0 Å². The van der Waals surface area contributed by atoms with E-state index in [1.165, 1.54) is 43.5 Å². The van der Waals surface area contributed by atoms with Crippen LogP contribution >= 0.6 is 29.4 Å². The van der Waals surface area contributed by atoms with Crippen LogP contribution in [-0.2, 0) is 28.6 Å². The maximum absolute atomic E-state index is 12.2. The van der Waals surface area contributed by atoms with Gasteiger partial charge in [0.2, 0.25) is 0 Å². The van der Waals surface area contributed by atoms with Gasteiger partial charge in [-0.2, -0.15) is 0 Å². The molecule has 0 saturated heterocycles. The van der Waals surface area contributed by atoms with Crippen molar-refractivity contribution in [3.05, 3.63) is 0 Å². The molecular weight excluding hydrogens is 361 g/mol. The molecular formula is C14H31O2PS2Zn. The van der Waals surface area contributed by atoms with Crippen molar-refractivity contribution in [2.75, 3.05) is 12.4 Å². The molecule has 0 heterocycles. The largest absolute Gasteiger partial charge is 0.313 e. The van der Waals surface area contributed by atoms with Gasteiger partial charge in [0, 0.05) is 25.2 Å². The number of hydrogen-bond acceptors (Lipinski definition) is 3. The molecule has 118 valence electrons. The summed E-state index contributed by atoms with van der Waals surface area (Å²) in [5.74, 6) is -0.814. The van der Waals surface area contributed by atoms with E-state index in [0.717, 1.165) is 12.2 Å². The van der Waals surface area contributed by atoms with E-state index in [9.17, 15) is 4.57 Å². The normalized spacial score (nSPS) is 17.1. The Bertz CT molecular complexity index is 246. The fourth-order valence-corrected chi connectivity index (χ4v) is 5.41. The van der Waals surface area contributed by atoms with Crippen LogP contribution in [0.4, 0.5) is 0 Å². The molecule has 0 radical (unpaired) electrons. The van der Waals surface area contributed by atoms with Crippen LogP contribution in [0.1, 0.15) is 66.2 Å². The van der Waals surface area contributed by atoms with Gasteiger partial charge in [-0.15, -0.1) is 0 Å². The Labute approximate surface area is 148 Å². The van der Waals surface area contributed by atoms with Crippen LogP contribution < -0.4 is 0 Å². The maximum atomic E-state index is 12.2.